The van der Waals surface area contributed by atoms with Gasteiger partial charge in [-0.2, -0.15) is 0 Å². The number of rotatable bonds is 52. The van der Waals surface area contributed by atoms with Crippen molar-refractivity contribution in [1.82, 2.24) is 0 Å². The van der Waals surface area contributed by atoms with Crippen LogP contribution in [0.15, 0.2) is 109 Å². The number of allylic oxidation sites excluding steroid dienone is 18. The van der Waals surface area contributed by atoms with E-state index in [1.807, 2.05) is 0 Å². The summed E-state index contributed by atoms with van der Waals surface area (Å²) in [6, 6.07) is 0. The average Bonchev–Trinajstić information content (AvgIpc) is 3.39. The van der Waals surface area contributed by atoms with E-state index in [9.17, 15) is 28.9 Å². The van der Waals surface area contributed by atoms with Crippen molar-refractivity contribution in [2.24, 2.45) is 0 Å². The van der Waals surface area contributed by atoms with Crippen LogP contribution in [0.5, 0.6) is 0 Å². The molecule has 0 aliphatic rings. The molecule has 0 amide bonds. The van der Waals surface area contributed by atoms with Crippen LogP contribution in [-0.2, 0) is 42.2 Å². The summed E-state index contributed by atoms with van der Waals surface area (Å²) in [7, 11) is -4.77. The van der Waals surface area contributed by atoms with E-state index in [-0.39, 0.29) is 25.9 Å². The van der Waals surface area contributed by atoms with Gasteiger partial charge in [0, 0.05) is 19.3 Å². The molecule has 0 radical (unpaired) electrons. The van der Waals surface area contributed by atoms with Gasteiger partial charge in [0.25, 0.3) is 0 Å². The van der Waals surface area contributed by atoms with E-state index in [1.165, 1.54) is 25.7 Å². The van der Waals surface area contributed by atoms with Gasteiger partial charge < -0.3 is 24.2 Å². The van der Waals surface area contributed by atoms with Crippen molar-refractivity contribution in [2.45, 2.75) is 238 Å². The van der Waals surface area contributed by atoms with Crippen molar-refractivity contribution in [3.63, 3.8) is 0 Å². The molecule has 3 unspecified atom stereocenters. The van der Waals surface area contributed by atoms with E-state index in [4.69, 9.17) is 23.3 Å². The fourth-order valence-electron chi connectivity index (χ4n) is 7.33. The van der Waals surface area contributed by atoms with Gasteiger partial charge in [0.2, 0.25) is 0 Å². The Kier molecular flexibility index (Phi) is 52.5. The Hall–Kier alpha value is -3.86. The van der Waals surface area contributed by atoms with Gasteiger partial charge >= 0.3 is 25.7 Å². The molecule has 0 aliphatic heterocycles. The molecule has 422 valence electrons. The summed E-state index contributed by atoms with van der Waals surface area (Å²) in [5.74, 6) is -1.54. The number of unbranched alkanes of at least 4 members (excludes halogenated alkanes) is 17. The Morgan fingerprint density at radius 1 is 0.392 bits per heavy atom. The fraction of sp³-hybridized carbons (Fsp3) is 0.661. The van der Waals surface area contributed by atoms with Crippen LogP contribution in [0, 0.1) is 0 Å². The zero-order valence-corrected chi connectivity index (χ0v) is 47.4. The van der Waals surface area contributed by atoms with Crippen molar-refractivity contribution in [1.29, 1.82) is 0 Å². The van der Waals surface area contributed by atoms with Crippen LogP contribution in [-0.4, -0.2) is 66.5 Å². The molecule has 3 atom stereocenters. The predicted octanol–water partition coefficient (Wildman–Crippen LogP) is 17.0. The number of esters is 3. The lowest BCUT2D eigenvalue weighted by atomic mass is 10.1. The van der Waals surface area contributed by atoms with Crippen molar-refractivity contribution in [2.75, 3.05) is 26.4 Å². The maximum absolute atomic E-state index is 12.9. The van der Waals surface area contributed by atoms with Crippen LogP contribution in [0.25, 0.3) is 0 Å². The molecule has 0 heterocycles. The number of phosphoric ester groups is 1. The maximum Gasteiger partial charge on any atom is 0.472 e. The summed E-state index contributed by atoms with van der Waals surface area (Å²) in [5.41, 5.74) is 0. The first-order valence-corrected chi connectivity index (χ1v) is 30.3. The Morgan fingerprint density at radius 3 is 1.09 bits per heavy atom. The number of aliphatic hydroxyl groups is 1. The number of carbonyl (C=O) groups excluding carboxylic acids is 3. The van der Waals surface area contributed by atoms with Gasteiger partial charge in [0.05, 0.1) is 19.8 Å². The number of hydrogen-bond acceptors (Lipinski definition) is 10. The SMILES string of the molecule is CC/C=C\C/C=C\C/C=C\CCCCCCCC(=O)OC(CO)COP(=O)(O)OCC(COC(=O)CCCCC/C=C\C/C=C\C/C=C\CC)OC(=O)CCCCCCCC/C=C\C/C=C\C/C=C\CCCCC. The topological polar surface area (TPSA) is 155 Å². The Morgan fingerprint density at radius 2 is 0.703 bits per heavy atom. The highest BCUT2D eigenvalue weighted by Gasteiger charge is 2.28. The highest BCUT2D eigenvalue weighted by atomic mass is 31.2. The molecular formula is C62H103O11P. The Balaban J connectivity index is 4.79. The van der Waals surface area contributed by atoms with Crippen LogP contribution in [0.4, 0.5) is 0 Å². The normalized spacial score (nSPS) is 14.2. The summed E-state index contributed by atoms with van der Waals surface area (Å²) in [6.07, 6.45) is 66.2. The molecule has 11 nitrogen and oxygen atoms in total. The fourth-order valence-corrected chi connectivity index (χ4v) is 8.12. The minimum Gasteiger partial charge on any atom is -0.462 e. The van der Waals surface area contributed by atoms with E-state index >= 15 is 0 Å². The molecule has 0 bridgehead atoms. The summed E-state index contributed by atoms with van der Waals surface area (Å²) >= 11 is 0. The lowest BCUT2D eigenvalue weighted by Gasteiger charge is -2.21. The van der Waals surface area contributed by atoms with Gasteiger partial charge in [0.1, 0.15) is 12.7 Å². The molecule has 0 aromatic heterocycles. The number of phosphoric acid groups is 1. The smallest absolute Gasteiger partial charge is 0.462 e. The highest BCUT2D eigenvalue weighted by molar-refractivity contribution is 7.47. The van der Waals surface area contributed by atoms with Crippen molar-refractivity contribution >= 4 is 25.7 Å². The third-order valence-corrected chi connectivity index (χ3v) is 12.6. The minimum atomic E-state index is -4.77. The van der Waals surface area contributed by atoms with Crippen LogP contribution in [0.3, 0.4) is 0 Å². The molecule has 2 N–H and O–H groups in total. The second-order valence-electron chi connectivity index (χ2n) is 18.7. The molecular weight excluding hydrogens is 952 g/mol. The average molecular weight is 1060 g/mol. The predicted molar refractivity (Wildman–Crippen MR) is 307 cm³/mol. The molecule has 0 saturated carbocycles. The third-order valence-electron chi connectivity index (χ3n) is 11.7. The van der Waals surface area contributed by atoms with Gasteiger partial charge in [-0.1, -0.05) is 194 Å². The molecule has 0 aromatic rings. The van der Waals surface area contributed by atoms with Crippen LogP contribution in [0.2, 0.25) is 0 Å². The largest absolute Gasteiger partial charge is 0.472 e. The van der Waals surface area contributed by atoms with E-state index in [2.05, 4.69) is 130 Å². The van der Waals surface area contributed by atoms with E-state index in [1.54, 1.807) is 0 Å². The van der Waals surface area contributed by atoms with Crippen molar-refractivity contribution in [3.8, 4) is 0 Å². The number of ether oxygens (including phenoxy) is 3. The van der Waals surface area contributed by atoms with E-state index in [0.717, 1.165) is 141 Å². The molecule has 0 rings (SSSR count). The first-order valence-electron chi connectivity index (χ1n) is 28.8. The van der Waals surface area contributed by atoms with Gasteiger partial charge in [-0.3, -0.25) is 23.4 Å². The van der Waals surface area contributed by atoms with Crippen LogP contribution < -0.4 is 0 Å². The maximum atomic E-state index is 12.9. The molecule has 74 heavy (non-hydrogen) atoms. The summed E-state index contributed by atoms with van der Waals surface area (Å²) in [4.78, 5) is 48.5. The Labute approximate surface area is 450 Å². The van der Waals surface area contributed by atoms with Crippen LogP contribution >= 0.6 is 7.82 Å². The Bertz CT molecular complexity index is 1660. The molecule has 0 saturated heterocycles. The van der Waals surface area contributed by atoms with Gasteiger partial charge in [-0.25, -0.2) is 4.57 Å². The zero-order valence-electron chi connectivity index (χ0n) is 46.5. The molecule has 0 aromatic carbocycles. The highest BCUT2D eigenvalue weighted by Crippen LogP contribution is 2.43. The monoisotopic (exact) mass is 1050 g/mol. The van der Waals surface area contributed by atoms with Gasteiger partial charge in [0.15, 0.2) is 6.10 Å². The third kappa shape index (κ3) is 53.0. The summed E-state index contributed by atoms with van der Waals surface area (Å²) in [5, 5.41) is 9.81. The molecule has 0 aliphatic carbocycles. The lowest BCUT2D eigenvalue weighted by molar-refractivity contribution is -0.161. The molecule has 12 heteroatoms. The minimum absolute atomic E-state index is 0.140. The van der Waals surface area contributed by atoms with Crippen molar-refractivity contribution < 1.29 is 52.2 Å². The second kappa shape index (κ2) is 55.4. The van der Waals surface area contributed by atoms with Gasteiger partial charge in [-0.05, 0) is 122 Å². The quantitative estimate of drug-likeness (QED) is 0.0197. The van der Waals surface area contributed by atoms with Crippen LogP contribution in [0.1, 0.15) is 226 Å². The number of aliphatic hydroxyl groups excluding tert-OH is 1. The van der Waals surface area contributed by atoms with Crippen molar-refractivity contribution in [3.05, 3.63) is 109 Å². The van der Waals surface area contributed by atoms with E-state index in [0.29, 0.717) is 19.3 Å². The second-order valence-corrected chi connectivity index (χ2v) is 20.1. The molecule has 0 spiro atoms. The number of carbonyl (C=O) groups is 3. The lowest BCUT2D eigenvalue weighted by Crippen LogP contribution is -2.30. The number of hydrogen-bond donors (Lipinski definition) is 2. The summed E-state index contributed by atoms with van der Waals surface area (Å²) < 4.78 is 39.5. The zero-order chi connectivity index (χ0) is 54.1. The van der Waals surface area contributed by atoms with E-state index < -0.39 is 57.8 Å². The first-order chi connectivity index (χ1) is 36.2. The summed E-state index contributed by atoms with van der Waals surface area (Å²) in [6.45, 7) is 4.31. The van der Waals surface area contributed by atoms with Gasteiger partial charge in [-0.15, -0.1) is 0 Å². The molecule has 0 fully saturated rings. The standard InChI is InChI=1S/C62H103O11P/c1-4-7-10-13-16-19-22-25-27-28-29-30-32-35-38-41-44-47-50-53-62(66)73-59(55-69-60(64)51-48-45-42-39-36-33-24-21-18-15-12-9-6-3)57-71-74(67,68)70-56-58(54-63)72-61(65)52-49-46-43-40-37-34-31-26-23-20-17-14-11-8-5-2/h8-9,11-12,16-21,25-27,29-31,33,36,58-59,63H,4-7,10,13-15,22-24,28,32,34-35,37-57H2,1-3H3,(H,67,68)/b11-8-,12-9-,19-16-,20-17-,21-18-,27-25-,30-29-,31-26-,36-33-. The first kappa shape index (κ1) is 70.1.